The first-order valence-electron chi connectivity index (χ1n) is 5.73. The molecule has 2 rings (SSSR count). The maximum absolute atomic E-state index is 13.4. The molecule has 0 saturated heterocycles. The number of benzene rings is 2. The highest BCUT2D eigenvalue weighted by atomic mass is 35.5. The molecule has 7 heteroatoms. The van der Waals surface area contributed by atoms with Gasteiger partial charge in [-0.2, -0.15) is 5.26 Å². The summed E-state index contributed by atoms with van der Waals surface area (Å²) < 4.78 is 13.4. The average molecular weight is 324 g/mol. The third kappa shape index (κ3) is 3.63. The number of amides is 2. The minimum atomic E-state index is -0.712. The van der Waals surface area contributed by atoms with E-state index in [9.17, 15) is 9.18 Å². The first-order valence-corrected chi connectivity index (χ1v) is 6.48. The highest BCUT2D eigenvalue weighted by molar-refractivity contribution is 6.35. The second-order valence-corrected chi connectivity index (χ2v) is 4.82. The van der Waals surface area contributed by atoms with E-state index in [0.717, 1.165) is 6.07 Å². The van der Waals surface area contributed by atoms with Gasteiger partial charge in [0.1, 0.15) is 17.4 Å². The number of anilines is 2. The Kier molecular flexibility index (Phi) is 4.63. The molecule has 0 aliphatic heterocycles. The number of halogens is 3. The Morgan fingerprint density at radius 1 is 1.14 bits per heavy atom. The predicted molar refractivity (Wildman–Crippen MR) is 80.2 cm³/mol. The summed E-state index contributed by atoms with van der Waals surface area (Å²) in [6, 6.07) is 9.54. The summed E-state index contributed by atoms with van der Waals surface area (Å²) >= 11 is 11.7. The van der Waals surface area contributed by atoms with Crippen LogP contribution in [-0.2, 0) is 0 Å². The summed E-state index contributed by atoms with van der Waals surface area (Å²) in [5, 5.41) is 14.4. The zero-order valence-electron chi connectivity index (χ0n) is 10.5. The topological polar surface area (TPSA) is 64.9 Å². The van der Waals surface area contributed by atoms with Gasteiger partial charge < -0.3 is 10.6 Å². The van der Waals surface area contributed by atoms with Crippen LogP contribution in [-0.4, -0.2) is 6.03 Å². The minimum Gasteiger partial charge on any atom is -0.306 e. The molecule has 0 aliphatic rings. The Balaban J connectivity index is 2.18. The van der Waals surface area contributed by atoms with E-state index in [1.54, 1.807) is 12.1 Å². The van der Waals surface area contributed by atoms with Gasteiger partial charge in [0, 0.05) is 5.02 Å². The molecule has 106 valence electrons. The third-order valence-electron chi connectivity index (χ3n) is 2.55. The molecule has 2 N–H and O–H groups in total. The van der Waals surface area contributed by atoms with Crippen molar-refractivity contribution in [2.75, 3.05) is 10.6 Å². The number of carbonyl (C=O) groups excluding carboxylic acids is 1. The largest absolute Gasteiger partial charge is 0.323 e. The number of hydrogen-bond acceptors (Lipinski definition) is 2. The number of nitrogens with zero attached hydrogens (tertiary/aromatic N) is 1. The van der Waals surface area contributed by atoms with Crippen LogP contribution >= 0.6 is 23.2 Å². The first-order chi connectivity index (χ1) is 10.0. The van der Waals surface area contributed by atoms with Crippen molar-refractivity contribution < 1.29 is 9.18 Å². The van der Waals surface area contributed by atoms with Crippen LogP contribution < -0.4 is 10.6 Å². The lowest BCUT2D eigenvalue weighted by Crippen LogP contribution is -2.20. The summed E-state index contributed by atoms with van der Waals surface area (Å²) in [5.74, 6) is -0.712. The Labute approximate surface area is 130 Å². The number of nitriles is 1. The molecule has 0 radical (unpaired) electrons. The summed E-state index contributed by atoms with van der Waals surface area (Å²) in [6.45, 7) is 0. The second-order valence-electron chi connectivity index (χ2n) is 3.98. The lowest BCUT2D eigenvalue weighted by atomic mass is 10.2. The Morgan fingerprint density at radius 3 is 2.57 bits per heavy atom. The van der Waals surface area contributed by atoms with Gasteiger partial charge >= 0.3 is 6.03 Å². The monoisotopic (exact) mass is 323 g/mol. The zero-order chi connectivity index (χ0) is 15.4. The van der Waals surface area contributed by atoms with Crippen molar-refractivity contribution in [3.8, 4) is 6.07 Å². The van der Waals surface area contributed by atoms with Gasteiger partial charge in [-0.3, -0.25) is 0 Å². The van der Waals surface area contributed by atoms with Gasteiger partial charge in [-0.25, -0.2) is 9.18 Å². The summed E-state index contributed by atoms with van der Waals surface area (Å²) in [6.07, 6.45) is 0. The van der Waals surface area contributed by atoms with E-state index in [1.807, 2.05) is 0 Å². The molecular weight excluding hydrogens is 316 g/mol. The molecule has 0 aromatic heterocycles. The van der Waals surface area contributed by atoms with Crippen LogP contribution in [0.5, 0.6) is 0 Å². The molecule has 0 atom stereocenters. The maximum Gasteiger partial charge on any atom is 0.323 e. The smallest absolute Gasteiger partial charge is 0.306 e. The van der Waals surface area contributed by atoms with Gasteiger partial charge in [0.2, 0.25) is 0 Å². The number of hydrogen-bond donors (Lipinski definition) is 2. The molecule has 2 aromatic rings. The van der Waals surface area contributed by atoms with E-state index in [-0.39, 0.29) is 11.3 Å². The van der Waals surface area contributed by atoms with E-state index in [1.165, 1.54) is 24.3 Å². The Hall–Kier alpha value is -2.29. The minimum absolute atomic E-state index is 0.0631. The zero-order valence-corrected chi connectivity index (χ0v) is 12.0. The Bertz CT molecular complexity index is 743. The van der Waals surface area contributed by atoms with Crippen molar-refractivity contribution in [1.82, 2.24) is 0 Å². The molecule has 0 heterocycles. The van der Waals surface area contributed by atoms with Gasteiger partial charge in [0.05, 0.1) is 16.4 Å². The number of rotatable bonds is 2. The fourth-order valence-electron chi connectivity index (χ4n) is 1.61. The lowest BCUT2D eigenvalue weighted by molar-refractivity contribution is 0.262. The van der Waals surface area contributed by atoms with Crippen LogP contribution in [0.15, 0.2) is 36.4 Å². The van der Waals surface area contributed by atoms with Crippen LogP contribution in [0.4, 0.5) is 20.6 Å². The third-order valence-corrected chi connectivity index (χ3v) is 3.11. The van der Waals surface area contributed by atoms with Crippen LogP contribution in [0.1, 0.15) is 5.56 Å². The van der Waals surface area contributed by atoms with Crippen LogP contribution in [0.2, 0.25) is 10.0 Å². The fourth-order valence-corrected chi connectivity index (χ4v) is 1.95. The van der Waals surface area contributed by atoms with Crippen LogP contribution in [0.3, 0.4) is 0 Å². The normalized spacial score (nSPS) is 9.81. The second kappa shape index (κ2) is 6.44. The van der Waals surface area contributed by atoms with E-state index in [4.69, 9.17) is 28.5 Å². The molecule has 2 aromatic carbocycles. The molecule has 0 spiro atoms. The van der Waals surface area contributed by atoms with Crippen molar-refractivity contribution in [3.63, 3.8) is 0 Å². The van der Waals surface area contributed by atoms with Crippen LogP contribution in [0.25, 0.3) is 0 Å². The van der Waals surface area contributed by atoms with Crippen molar-refractivity contribution in [2.24, 2.45) is 0 Å². The predicted octanol–water partition coefficient (Wildman–Crippen LogP) is 4.65. The Morgan fingerprint density at radius 2 is 1.86 bits per heavy atom. The van der Waals surface area contributed by atoms with Gasteiger partial charge in [-0.15, -0.1) is 0 Å². The molecule has 0 saturated carbocycles. The summed E-state index contributed by atoms with van der Waals surface area (Å²) in [4.78, 5) is 11.9. The molecule has 21 heavy (non-hydrogen) atoms. The molecular formula is C14H8Cl2FN3O. The van der Waals surface area contributed by atoms with E-state index in [2.05, 4.69) is 10.6 Å². The maximum atomic E-state index is 13.4. The average Bonchev–Trinajstić information content (AvgIpc) is 2.43. The molecule has 4 nitrogen and oxygen atoms in total. The molecule has 0 fully saturated rings. The lowest BCUT2D eigenvalue weighted by Gasteiger charge is -2.10. The highest BCUT2D eigenvalue weighted by Gasteiger charge is 2.12. The van der Waals surface area contributed by atoms with Crippen molar-refractivity contribution in [1.29, 1.82) is 5.26 Å². The summed E-state index contributed by atoms with van der Waals surface area (Å²) in [7, 11) is 0. The van der Waals surface area contributed by atoms with E-state index >= 15 is 0 Å². The highest BCUT2D eigenvalue weighted by Crippen LogP contribution is 2.26. The SMILES string of the molecule is N#Cc1c(F)cccc1NC(=O)Nc1cc(Cl)ccc1Cl. The molecule has 0 aliphatic carbocycles. The van der Waals surface area contributed by atoms with Gasteiger partial charge in [-0.05, 0) is 30.3 Å². The van der Waals surface area contributed by atoms with Crippen molar-refractivity contribution in [3.05, 3.63) is 57.8 Å². The first kappa shape index (κ1) is 15.1. The molecule has 0 bridgehead atoms. The van der Waals surface area contributed by atoms with Gasteiger partial charge in [0.25, 0.3) is 0 Å². The van der Waals surface area contributed by atoms with Gasteiger partial charge in [0.15, 0.2) is 0 Å². The number of nitrogens with one attached hydrogen (secondary N) is 2. The summed E-state index contributed by atoms with van der Waals surface area (Å²) in [5.41, 5.74) is 0.120. The quantitative estimate of drug-likeness (QED) is 0.844. The van der Waals surface area contributed by atoms with Crippen LogP contribution in [0, 0.1) is 17.1 Å². The standard InChI is InChI=1S/C14H8Cl2FN3O/c15-8-4-5-10(16)13(6-8)20-14(21)19-12-3-1-2-11(17)9(12)7-18/h1-6H,(H2,19,20,21). The van der Waals surface area contributed by atoms with Crippen molar-refractivity contribution >= 4 is 40.6 Å². The fraction of sp³-hybridized carbons (Fsp3) is 0. The number of urea groups is 1. The van der Waals surface area contributed by atoms with Gasteiger partial charge in [-0.1, -0.05) is 29.3 Å². The van der Waals surface area contributed by atoms with E-state index in [0.29, 0.717) is 15.7 Å². The number of carbonyl (C=O) groups is 1. The van der Waals surface area contributed by atoms with Crippen molar-refractivity contribution in [2.45, 2.75) is 0 Å². The van der Waals surface area contributed by atoms with E-state index < -0.39 is 11.8 Å². The molecule has 0 unspecified atom stereocenters. The molecule has 2 amide bonds.